The molecule has 6 nitrogen and oxygen atoms in total. The Labute approximate surface area is 133 Å². The second kappa shape index (κ2) is 7.91. The summed E-state index contributed by atoms with van der Waals surface area (Å²) in [7, 11) is 0. The van der Waals surface area contributed by atoms with Gasteiger partial charge in [-0.3, -0.25) is 9.69 Å². The fraction of sp³-hybridized carbons (Fsp3) is 0.714. The minimum Gasteiger partial charge on any atom is -0.354 e. The van der Waals surface area contributed by atoms with Gasteiger partial charge in [0.2, 0.25) is 0 Å². The van der Waals surface area contributed by atoms with Gasteiger partial charge in [0.1, 0.15) is 10.3 Å². The van der Waals surface area contributed by atoms with Crippen LogP contribution in [-0.4, -0.2) is 53.6 Å². The third-order valence-electron chi connectivity index (χ3n) is 4.10. The standard InChI is InChI=1S/C14H24BrN5O/c1-2-11(4-5-16)19-6-3-7-20(9-8-19)13-12(15)14(21)18-10-17-13/h10-11H,2-9,16H2,1H3,(H,17,18,21). The number of hydrogen-bond acceptors (Lipinski definition) is 5. The van der Waals surface area contributed by atoms with Gasteiger partial charge in [-0.2, -0.15) is 0 Å². The van der Waals surface area contributed by atoms with E-state index in [1.54, 1.807) is 0 Å². The number of anilines is 1. The first-order valence-corrected chi connectivity index (χ1v) is 8.39. The Morgan fingerprint density at radius 2 is 2.24 bits per heavy atom. The number of H-pyrrole nitrogens is 1. The van der Waals surface area contributed by atoms with E-state index < -0.39 is 0 Å². The van der Waals surface area contributed by atoms with E-state index in [2.05, 4.69) is 42.6 Å². The lowest BCUT2D eigenvalue weighted by Crippen LogP contribution is -2.39. The van der Waals surface area contributed by atoms with Gasteiger partial charge in [-0.25, -0.2) is 4.98 Å². The van der Waals surface area contributed by atoms with Gasteiger partial charge in [-0.1, -0.05) is 6.92 Å². The Bertz CT molecular complexity index is 506. The molecule has 0 spiro atoms. The molecule has 3 N–H and O–H groups in total. The van der Waals surface area contributed by atoms with E-state index in [-0.39, 0.29) is 5.56 Å². The molecule has 2 rings (SSSR count). The van der Waals surface area contributed by atoms with Crippen LogP contribution in [0.3, 0.4) is 0 Å². The van der Waals surface area contributed by atoms with Crippen molar-refractivity contribution in [2.75, 3.05) is 37.6 Å². The summed E-state index contributed by atoms with van der Waals surface area (Å²) in [5.74, 6) is 0.743. The lowest BCUT2D eigenvalue weighted by Gasteiger charge is -2.29. The van der Waals surface area contributed by atoms with Gasteiger partial charge in [0.15, 0.2) is 0 Å². The van der Waals surface area contributed by atoms with Gasteiger partial charge in [-0.15, -0.1) is 0 Å². The molecule has 1 unspecified atom stereocenters. The average Bonchev–Trinajstić information content (AvgIpc) is 2.73. The van der Waals surface area contributed by atoms with Crippen LogP contribution in [0.4, 0.5) is 5.82 Å². The fourth-order valence-electron chi connectivity index (χ4n) is 2.95. The molecular formula is C14H24BrN5O. The quantitative estimate of drug-likeness (QED) is 0.826. The molecule has 1 atom stereocenters. The van der Waals surface area contributed by atoms with E-state index in [0.717, 1.165) is 57.8 Å². The predicted octanol–water partition coefficient (Wildman–Crippen LogP) is 1.17. The van der Waals surface area contributed by atoms with Crippen molar-refractivity contribution >= 4 is 21.7 Å². The molecule has 0 aromatic carbocycles. The van der Waals surface area contributed by atoms with Crippen LogP contribution in [-0.2, 0) is 0 Å². The highest BCUT2D eigenvalue weighted by Crippen LogP contribution is 2.21. The summed E-state index contributed by atoms with van der Waals surface area (Å²) in [5.41, 5.74) is 5.59. The molecule has 21 heavy (non-hydrogen) atoms. The zero-order valence-electron chi connectivity index (χ0n) is 12.5. The molecule has 118 valence electrons. The highest BCUT2D eigenvalue weighted by atomic mass is 79.9. The summed E-state index contributed by atoms with van der Waals surface area (Å²) in [5, 5.41) is 0. The van der Waals surface area contributed by atoms with Crippen molar-refractivity contribution in [3.63, 3.8) is 0 Å². The predicted molar refractivity (Wildman–Crippen MR) is 88.7 cm³/mol. The number of nitrogens with two attached hydrogens (primary N) is 1. The third-order valence-corrected chi connectivity index (χ3v) is 4.81. The Balaban J connectivity index is 2.07. The lowest BCUT2D eigenvalue weighted by molar-refractivity contribution is 0.196. The van der Waals surface area contributed by atoms with Crippen LogP contribution in [0.15, 0.2) is 15.6 Å². The van der Waals surface area contributed by atoms with Crippen molar-refractivity contribution in [1.29, 1.82) is 0 Å². The molecular weight excluding hydrogens is 334 g/mol. The van der Waals surface area contributed by atoms with Gasteiger partial charge in [0, 0.05) is 32.2 Å². The summed E-state index contributed by atoms with van der Waals surface area (Å²) in [6.45, 7) is 6.83. The Morgan fingerprint density at radius 3 is 2.95 bits per heavy atom. The van der Waals surface area contributed by atoms with Crippen molar-refractivity contribution in [2.24, 2.45) is 5.73 Å². The second-order valence-electron chi connectivity index (χ2n) is 5.39. The zero-order chi connectivity index (χ0) is 15.2. The van der Waals surface area contributed by atoms with Crippen LogP contribution < -0.4 is 16.2 Å². The largest absolute Gasteiger partial charge is 0.354 e. The van der Waals surface area contributed by atoms with Crippen LogP contribution in [0.1, 0.15) is 26.2 Å². The molecule has 1 aliphatic rings. The third kappa shape index (κ3) is 4.05. The lowest BCUT2D eigenvalue weighted by atomic mass is 10.1. The first-order valence-electron chi connectivity index (χ1n) is 7.59. The van der Waals surface area contributed by atoms with Gasteiger partial charge in [0.25, 0.3) is 5.56 Å². The van der Waals surface area contributed by atoms with Crippen LogP contribution in [0, 0.1) is 0 Å². The van der Waals surface area contributed by atoms with Crippen LogP contribution in [0.25, 0.3) is 0 Å². The maximum Gasteiger partial charge on any atom is 0.267 e. The minimum absolute atomic E-state index is 0.129. The van der Waals surface area contributed by atoms with E-state index >= 15 is 0 Å². The van der Waals surface area contributed by atoms with Crippen molar-refractivity contribution in [1.82, 2.24) is 14.9 Å². The first kappa shape index (κ1) is 16.5. The second-order valence-corrected chi connectivity index (χ2v) is 6.18. The van der Waals surface area contributed by atoms with Crippen LogP contribution >= 0.6 is 15.9 Å². The van der Waals surface area contributed by atoms with Gasteiger partial charge < -0.3 is 15.6 Å². The highest BCUT2D eigenvalue weighted by molar-refractivity contribution is 9.10. The number of rotatable bonds is 5. The minimum atomic E-state index is -0.129. The molecule has 2 heterocycles. The molecule has 0 saturated carbocycles. The number of aromatic amines is 1. The maximum absolute atomic E-state index is 11.7. The van der Waals surface area contributed by atoms with Crippen molar-refractivity contribution in [3.8, 4) is 0 Å². The Morgan fingerprint density at radius 1 is 1.43 bits per heavy atom. The smallest absolute Gasteiger partial charge is 0.267 e. The fourth-order valence-corrected chi connectivity index (χ4v) is 3.41. The van der Waals surface area contributed by atoms with Crippen molar-refractivity contribution in [3.05, 3.63) is 21.2 Å². The summed E-state index contributed by atoms with van der Waals surface area (Å²) < 4.78 is 0.521. The molecule has 1 aromatic rings. The molecule has 7 heteroatoms. The van der Waals surface area contributed by atoms with E-state index in [4.69, 9.17) is 5.73 Å². The molecule has 0 aliphatic carbocycles. The zero-order valence-corrected chi connectivity index (χ0v) is 14.1. The van der Waals surface area contributed by atoms with E-state index in [1.807, 2.05) is 0 Å². The number of aromatic nitrogens is 2. The topological polar surface area (TPSA) is 78.2 Å². The van der Waals surface area contributed by atoms with Crippen molar-refractivity contribution in [2.45, 2.75) is 32.2 Å². The van der Waals surface area contributed by atoms with Crippen LogP contribution in [0.5, 0.6) is 0 Å². The monoisotopic (exact) mass is 357 g/mol. The van der Waals surface area contributed by atoms with Gasteiger partial charge in [-0.05, 0) is 41.7 Å². The van der Waals surface area contributed by atoms with Crippen molar-refractivity contribution < 1.29 is 0 Å². The Kier molecular flexibility index (Phi) is 6.20. The summed E-state index contributed by atoms with van der Waals surface area (Å²) in [6.07, 6.45) is 4.71. The SMILES string of the molecule is CCC(CCN)N1CCCN(c2nc[nH]c(=O)c2Br)CC1. The van der Waals surface area contributed by atoms with Crippen LogP contribution in [0.2, 0.25) is 0 Å². The Hall–Kier alpha value is -0.920. The first-order chi connectivity index (χ1) is 10.2. The highest BCUT2D eigenvalue weighted by Gasteiger charge is 2.22. The molecule has 0 amide bonds. The van der Waals surface area contributed by atoms with Gasteiger partial charge in [0.05, 0.1) is 6.33 Å². The van der Waals surface area contributed by atoms with E-state index in [1.165, 1.54) is 6.33 Å². The number of hydrogen-bond donors (Lipinski definition) is 2. The number of nitrogens with one attached hydrogen (secondary N) is 1. The van der Waals surface area contributed by atoms with Gasteiger partial charge >= 0.3 is 0 Å². The normalized spacial score (nSPS) is 18.5. The van der Waals surface area contributed by atoms with E-state index in [9.17, 15) is 4.79 Å². The summed E-state index contributed by atoms with van der Waals surface area (Å²) in [6, 6.07) is 0.561. The molecule has 1 fully saturated rings. The molecule has 1 aromatic heterocycles. The average molecular weight is 358 g/mol. The molecule has 1 saturated heterocycles. The number of halogens is 1. The summed E-state index contributed by atoms with van der Waals surface area (Å²) in [4.78, 5) is 23.3. The molecule has 1 aliphatic heterocycles. The molecule has 0 radical (unpaired) electrons. The van der Waals surface area contributed by atoms with E-state index in [0.29, 0.717) is 10.5 Å². The maximum atomic E-state index is 11.7. The number of nitrogens with zero attached hydrogens (tertiary/aromatic N) is 3. The molecule has 0 bridgehead atoms. The summed E-state index contributed by atoms with van der Waals surface area (Å²) >= 11 is 3.35.